The normalized spacial score (nSPS) is 26.9. The Bertz CT molecular complexity index is 694. The Balaban J connectivity index is 1.37. The Kier molecular flexibility index (Phi) is 5.24. The summed E-state index contributed by atoms with van der Waals surface area (Å²) in [5, 5.41) is 4.16. The molecule has 1 saturated carbocycles. The number of nitrogens with zero attached hydrogens (tertiary/aromatic N) is 4. The first-order valence-electron chi connectivity index (χ1n) is 10.6. The van der Waals surface area contributed by atoms with E-state index in [1.54, 1.807) is 6.20 Å². The minimum absolute atomic E-state index is 0.177. The van der Waals surface area contributed by atoms with E-state index in [0.717, 1.165) is 50.9 Å². The van der Waals surface area contributed by atoms with Gasteiger partial charge in [0.15, 0.2) is 0 Å². The molecule has 0 unspecified atom stereocenters. The molecule has 1 atom stereocenters. The summed E-state index contributed by atoms with van der Waals surface area (Å²) in [4.78, 5) is 30.3. The van der Waals surface area contributed by atoms with E-state index in [4.69, 9.17) is 0 Å². The average Bonchev–Trinajstić information content (AvgIpc) is 3.30. The fourth-order valence-corrected chi connectivity index (χ4v) is 5.35. The number of carbonyl (C=O) groups excluding carboxylic acids is 2. The first kappa shape index (κ1) is 18.5. The number of amides is 2. The Morgan fingerprint density at radius 3 is 2.74 bits per heavy atom. The quantitative estimate of drug-likeness (QED) is 0.816. The van der Waals surface area contributed by atoms with Crippen molar-refractivity contribution in [1.82, 2.24) is 19.6 Å². The molecule has 2 saturated heterocycles. The van der Waals surface area contributed by atoms with Crippen molar-refractivity contribution in [2.75, 3.05) is 19.6 Å². The third kappa shape index (κ3) is 3.63. The molecule has 0 N–H and O–H groups in total. The standard InChI is InChI=1S/C21H32N4O2/c1-23-17(10-13-22-23)8-9-19(26)24-15-12-21(16-24)11-5-14-25(20(21)27)18-6-3-2-4-7-18/h10,13,18H,2-9,11-12,14-16H2,1H3/t21-/m1/s1. The molecule has 3 fully saturated rings. The van der Waals surface area contributed by atoms with Crippen molar-refractivity contribution in [2.45, 2.75) is 70.3 Å². The smallest absolute Gasteiger partial charge is 0.230 e. The van der Waals surface area contributed by atoms with E-state index < -0.39 is 0 Å². The van der Waals surface area contributed by atoms with Crippen molar-refractivity contribution < 1.29 is 9.59 Å². The summed E-state index contributed by atoms with van der Waals surface area (Å²) in [6.07, 6.45) is 12.0. The van der Waals surface area contributed by atoms with Crippen molar-refractivity contribution in [1.29, 1.82) is 0 Å². The Hall–Kier alpha value is -1.85. The molecule has 4 rings (SSSR count). The van der Waals surface area contributed by atoms with E-state index in [0.29, 0.717) is 31.3 Å². The minimum Gasteiger partial charge on any atom is -0.342 e. The minimum atomic E-state index is -0.308. The maximum Gasteiger partial charge on any atom is 0.230 e. The second-order valence-electron chi connectivity index (χ2n) is 8.69. The van der Waals surface area contributed by atoms with E-state index >= 15 is 0 Å². The maximum atomic E-state index is 13.4. The second-order valence-corrected chi connectivity index (χ2v) is 8.69. The molecule has 1 aromatic rings. The van der Waals surface area contributed by atoms with E-state index in [-0.39, 0.29) is 11.3 Å². The highest BCUT2D eigenvalue weighted by atomic mass is 16.2. The lowest BCUT2D eigenvalue weighted by atomic mass is 9.77. The fraction of sp³-hybridized carbons (Fsp3) is 0.762. The summed E-state index contributed by atoms with van der Waals surface area (Å²) in [5.41, 5.74) is 0.771. The van der Waals surface area contributed by atoms with Crippen LogP contribution < -0.4 is 0 Å². The summed E-state index contributed by atoms with van der Waals surface area (Å²) in [6.45, 7) is 2.27. The van der Waals surface area contributed by atoms with Crippen LogP contribution in [0.2, 0.25) is 0 Å². The summed E-state index contributed by atoms with van der Waals surface area (Å²) < 4.78 is 1.82. The number of rotatable bonds is 4. The zero-order chi connectivity index (χ0) is 18.9. The number of hydrogen-bond donors (Lipinski definition) is 0. The van der Waals surface area contributed by atoms with Crippen molar-refractivity contribution in [3.63, 3.8) is 0 Å². The number of piperidine rings is 1. The SMILES string of the molecule is Cn1nccc1CCC(=O)N1CC[C@]2(CCCN(C3CCCCC3)C2=O)C1. The van der Waals surface area contributed by atoms with Crippen LogP contribution in [0.15, 0.2) is 12.3 Å². The molecule has 1 aromatic heterocycles. The molecular weight excluding hydrogens is 340 g/mol. The lowest BCUT2D eigenvalue weighted by Crippen LogP contribution is -2.54. The third-order valence-electron chi connectivity index (χ3n) is 7.01. The van der Waals surface area contributed by atoms with Gasteiger partial charge in [0.2, 0.25) is 11.8 Å². The highest BCUT2D eigenvalue weighted by Crippen LogP contribution is 2.42. The van der Waals surface area contributed by atoms with Crippen LogP contribution in [-0.2, 0) is 23.1 Å². The lowest BCUT2D eigenvalue weighted by Gasteiger charge is -2.44. The zero-order valence-electron chi connectivity index (χ0n) is 16.5. The van der Waals surface area contributed by atoms with Gasteiger partial charge in [0.05, 0.1) is 5.41 Å². The first-order valence-corrected chi connectivity index (χ1v) is 10.6. The molecule has 148 valence electrons. The molecule has 2 aliphatic heterocycles. The molecular formula is C21H32N4O2. The van der Waals surface area contributed by atoms with E-state index in [1.165, 1.54) is 19.3 Å². The number of carbonyl (C=O) groups is 2. The van der Waals surface area contributed by atoms with Crippen molar-refractivity contribution in [3.05, 3.63) is 18.0 Å². The molecule has 6 heteroatoms. The van der Waals surface area contributed by atoms with Crippen LogP contribution in [0.5, 0.6) is 0 Å². The molecule has 0 radical (unpaired) electrons. The van der Waals surface area contributed by atoms with Gasteiger partial charge in [-0.25, -0.2) is 0 Å². The number of aromatic nitrogens is 2. The largest absolute Gasteiger partial charge is 0.342 e. The van der Waals surface area contributed by atoms with Crippen LogP contribution in [0.1, 0.15) is 63.5 Å². The lowest BCUT2D eigenvalue weighted by molar-refractivity contribution is -0.149. The second kappa shape index (κ2) is 7.64. The summed E-state index contributed by atoms with van der Waals surface area (Å²) >= 11 is 0. The topological polar surface area (TPSA) is 58.4 Å². The summed E-state index contributed by atoms with van der Waals surface area (Å²) in [6, 6.07) is 2.41. The van der Waals surface area contributed by atoms with Crippen LogP contribution >= 0.6 is 0 Å². The molecule has 3 aliphatic rings. The van der Waals surface area contributed by atoms with E-state index in [2.05, 4.69) is 10.00 Å². The van der Waals surface area contributed by atoms with Crippen LogP contribution in [0.25, 0.3) is 0 Å². The van der Waals surface area contributed by atoms with Crippen LogP contribution in [0.3, 0.4) is 0 Å². The van der Waals surface area contributed by atoms with E-state index in [1.807, 2.05) is 22.7 Å². The maximum absolute atomic E-state index is 13.4. The fourth-order valence-electron chi connectivity index (χ4n) is 5.35. The number of hydrogen-bond acceptors (Lipinski definition) is 3. The van der Waals surface area contributed by atoms with Gasteiger partial charge in [0.1, 0.15) is 0 Å². The predicted octanol–water partition coefficient (Wildman–Crippen LogP) is 2.53. The highest BCUT2D eigenvalue weighted by Gasteiger charge is 2.50. The molecule has 1 spiro atoms. The molecule has 2 amide bonds. The van der Waals surface area contributed by atoms with Gasteiger partial charge < -0.3 is 9.80 Å². The summed E-state index contributed by atoms with van der Waals surface area (Å²) in [7, 11) is 1.91. The molecule has 27 heavy (non-hydrogen) atoms. The average molecular weight is 373 g/mol. The van der Waals surface area contributed by atoms with Gasteiger partial charge >= 0.3 is 0 Å². The van der Waals surface area contributed by atoms with Gasteiger partial charge in [-0.3, -0.25) is 14.3 Å². The monoisotopic (exact) mass is 372 g/mol. The first-order chi connectivity index (χ1) is 13.1. The van der Waals surface area contributed by atoms with Gasteiger partial charge in [-0.2, -0.15) is 5.10 Å². The molecule has 6 nitrogen and oxygen atoms in total. The van der Waals surface area contributed by atoms with Gasteiger partial charge in [-0.05, 0) is 44.6 Å². The molecule has 3 heterocycles. The molecule has 0 aromatic carbocycles. The van der Waals surface area contributed by atoms with Crippen LogP contribution in [0, 0.1) is 5.41 Å². The van der Waals surface area contributed by atoms with Crippen LogP contribution in [0.4, 0.5) is 0 Å². The molecule has 1 aliphatic carbocycles. The van der Waals surface area contributed by atoms with Crippen LogP contribution in [-0.4, -0.2) is 57.1 Å². The zero-order valence-corrected chi connectivity index (χ0v) is 16.5. The Morgan fingerprint density at radius 1 is 1.19 bits per heavy atom. The Labute approximate surface area is 161 Å². The summed E-state index contributed by atoms with van der Waals surface area (Å²) in [5.74, 6) is 0.512. The van der Waals surface area contributed by atoms with Crippen molar-refractivity contribution in [2.24, 2.45) is 12.5 Å². The Morgan fingerprint density at radius 2 is 2.00 bits per heavy atom. The number of likely N-dealkylation sites (tertiary alicyclic amines) is 2. The van der Waals surface area contributed by atoms with Gasteiger partial charge in [0, 0.05) is 51.0 Å². The van der Waals surface area contributed by atoms with Crippen molar-refractivity contribution >= 4 is 11.8 Å². The third-order valence-corrected chi connectivity index (χ3v) is 7.01. The predicted molar refractivity (Wildman–Crippen MR) is 103 cm³/mol. The van der Waals surface area contributed by atoms with Gasteiger partial charge in [-0.15, -0.1) is 0 Å². The number of aryl methyl sites for hydroxylation is 2. The van der Waals surface area contributed by atoms with E-state index in [9.17, 15) is 9.59 Å². The van der Waals surface area contributed by atoms with Gasteiger partial charge in [-0.1, -0.05) is 19.3 Å². The molecule has 0 bridgehead atoms. The highest BCUT2D eigenvalue weighted by molar-refractivity contribution is 5.86. The van der Waals surface area contributed by atoms with Crippen molar-refractivity contribution in [3.8, 4) is 0 Å². The van der Waals surface area contributed by atoms with Gasteiger partial charge in [0.25, 0.3) is 0 Å².